The standard InChI is InChI=1S/C61H80F5N11O7S/c1-8-76-47-28-43(62)40-27-39(47)42(52(76)41-26-38(31-67-49(41)35(2)83-7)74-24-22-73(23-25-74)33-61(64,65)66)30-59(3,4)34-84-57(81)44-14-11-19-77(70-44)55(79)45(29-48-68-46(40)32-85-48)69-54(78)51(36-12-9-10-13-36)72(6)58(82)60(63)17-20-75(21-18-60)56(80)53-50(71(53)5)37-15-16-37/h26-28,31-32,35-37,44-45,50-51,53,70H,8-25,29-30,33-34H2,1-7H3,(H,69,78)/t35-,44-,45?,50+,51-,53?,71?/m0/s1. The van der Waals surface area contributed by atoms with E-state index in [0.717, 1.165) is 36.9 Å². The molecule has 4 aromatic rings. The second-order valence-electron chi connectivity index (χ2n) is 25.6. The van der Waals surface area contributed by atoms with Gasteiger partial charge in [-0.3, -0.25) is 43.8 Å². The van der Waals surface area contributed by atoms with Gasteiger partial charge in [-0.1, -0.05) is 26.7 Å². The summed E-state index contributed by atoms with van der Waals surface area (Å²) in [7, 11) is 4.97. The van der Waals surface area contributed by atoms with E-state index < -0.39 is 77.5 Å². The lowest BCUT2D eigenvalue weighted by Crippen LogP contribution is -2.63. The lowest BCUT2D eigenvalue weighted by molar-refractivity contribution is -0.156. The molecule has 11 rings (SSSR count). The predicted octanol–water partition coefficient (Wildman–Crippen LogP) is 7.47. The summed E-state index contributed by atoms with van der Waals surface area (Å²) >= 11 is 1.19. The number of piperidine rings is 1. The summed E-state index contributed by atoms with van der Waals surface area (Å²) in [5.41, 5.74) is 4.62. The van der Waals surface area contributed by atoms with Crippen LogP contribution in [0.1, 0.15) is 114 Å². The van der Waals surface area contributed by atoms with Gasteiger partial charge in [-0.15, -0.1) is 11.3 Å². The fourth-order valence-electron chi connectivity index (χ4n) is 14.1. The Balaban J connectivity index is 0.920. The molecule has 2 saturated carbocycles. The van der Waals surface area contributed by atoms with Crippen LogP contribution in [0.2, 0.25) is 0 Å². The van der Waals surface area contributed by atoms with E-state index in [1.165, 1.54) is 39.3 Å². The number of methoxy groups -OCH3 is 1. The molecule has 2 aliphatic carbocycles. The number of hydrogen-bond acceptors (Lipinski definition) is 14. The van der Waals surface area contributed by atoms with E-state index in [1.54, 1.807) is 29.7 Å². The summed E-state index contributed by atoms with van der Waals surface area (Å²) in [5.74, 6) is -3.05. The molecule has 0 radical (unpaired) electrons. The van der Waals surface area contributed by atoms with E-state index in [1.807, 2.05) is 50.3 Å². The number of hydrazine groups is 1. The molecule has 7 aliphatic rings. The van der Waals surface area contributed by atoms with Crippen molar-refractivity contribution in [3.63, 3.8) is 0 Å². The number of likely N-dealkylation sites (tertiary alicyclic amines) is 1. The minimum absolute atomic E-state index is 0.0362. The van der Waals surface area contributed by atoms with Crippen LogP contribution in [0.5, 0.6) is 0 Å². The molecule has 7 atom stereocenters. The zero-order chi connectivity index (χ0) is 60.4. The molecule has 4 saturated heterocycles. The number of carbonyl (C=O) groups excluding carboxylic acids is 5. The Morgan fingerprint density at radius 2 is 1.69 bits per heavy atom. The van der Waals surface area contributed by atoms with Crippen molar-refractivity contribution < 1.29 is 55.4 Å². The molecule has 462 valence electrons. The fraction of sp³-hybridized carbons (Fsp3) is 0.656. The Hall–Kier alpha value is -5.82. The summed E-state index contributed by atoms with van der Waals surface area (Å²) in [5, 5.41) is 7.11. The summed E-state index contributed by atoms with van der Waals surface area (Å²) in [6, 6.07) is 1.88. The molecule has 8 heterocycles. The highest BCUT2D eigenvalue weighted by molar-refractivity contribution is 7.10. The third kappa shape index (κ3) is 12.5. The summed E-state index contributed by atoms with van der Waals surface area (Å²) < 4.78 is 88.6. The zero-order valence-electron chi connectivity index (χ0n) is 49.7. The third-order valence-corrected chi connectivity index (χ3v) is 19.9. The molecule has 0 spiro atoms. The van der Waals surface area contributed by atoms with Crippen molar-refractivity contribution in [2.45, 2.75) is 159 Å². The second-order valence-corrected chi connectivity index (χ2v) is 26.5. The number of piperazine rings is 1. The number of esters is 1. The number of nitrogens with one attached hydrogen (secondary N) is 2. The number of aromatic nitrogens is 3. The van der Waals surface area contributed by atoms with Crippen molar-refractivity contribution in [3.8, 4) is 22.5 Å². The molecule has 4 amide bonds. The highest BCUT2D eigenvalue weighted by Gasteiger charge is 2.58. The number of hydrogen-bond donors (Lipinski definition) is 2. The number of likely N-dealkylation sites (N-methyl/N-ethyl adjacent to an activating group) is 2. The van der Waals surface area contributed by atoms with Crippen molar-refractivity contribution in [2.24, 2.45) is 17.3 Å². The molecular weight excluding hydrogens is 1130 g/mol. The van der Waals surface area contributed by atoms with Crippen molar-refractivity contribution in [1.82, 2.24) is 49.9 Å². The van der Waals surface area contributed by atoms with Crippen LogP contribution in [-0.2, 0) is 52.8 Å². The fourth-order valence-corrected chi connectivity index (χ4v) is 14.9. The van der Waals surface area contributed by atoms with Gasteiger partial charge in [0.25, 0.3) is 11.8 Å². The summed E-state index contributed by atoms with van der Waals surface area (Å²) in [6.45, 7) is 8.55. The Labute approximate surface area is 497 Å². The van der Waals surface area contributed by atoms with Crippen LogP contribution in [0.15, 0.2) is 29.8 Å². The summed E-state index contributed by atoms with van der Waals surface area (Å²) in [6.07, 6.45) is 2.42. The SMILES string of the molecule is CCn1c(-c2cc(N3CCN(CC(F)(F)F)CC3)cnc2[C@H](C)OC)c2c3cc(c(F)cc31)-c1csc(n1)CC(NC(=O)[C@H](C1CCCC1)N(C)C(=O)C1(F)CCN(C(=O)C3[C@@H](C4CC4)N3C)CC1)C(=O)N1CCC[C@H](N1)C(=O)OCC(C)(C)C2. The maximum absolute atomic E-state index is 17.2. The first-order chi connectivity index (χ1) is 40.5. The third-order valence-electron chi connectivity index (χ3n) is 19.0. The molecule has 18 nitrogen and oxygen atoms in total. The molecule has 6 bridgehead atoms. The van der Waals surface area contributed by atoms with Crippen LogP contribution in [-0.4, -0.2) is 191 Å². The highest BCUT2D eigenvalue weighted by atomic mass is 32.1. The van der Waals surface area contributed by atoms with E-state index >= 15 is 13.6 Å². The van der Waals surface area contributed by atoms with Gasteiger partial charge in [0.1, 0.15) is 30.0 Å². The van der Waals surface area contributed by atoms with Crippen LogP contribution in [0.4, 0.5) is 27.6 Å². The van der Waals surface area contributed by atoms with E-state index in [0.29, 0.717) is 96.2 Å². The maximum atomic E-state index is 17.2. The number of ether oxygens (including phenoxy) is 2. The largest absolute Gasteiger partial charge is 0.464 e. The number of alkyl halides is 4. The number of amides is 4. The van der Waals surface area contributed by atoms with Crippen molar-refractivity contribution >= 4 is 57.5 Å². The number of thiazole rings is 1. The molecule has 5 aliphatic heterocycles. The molecular formula is C61H80F5N11O7S. The van der Waals surface area contributed by atoms with Gasteiger partial charge in [0.15, 0.2) is 5.67 Å². The van der Waals surface area contributed by atoms with Gasteiger partial charge >= 0.3 is 12.1 Å². The van der Waals surface area contributed by atoms with E-state index in [9.17, 15) is 32.3 Å². The number of pyridine rings is 1. The number of cyclic esters (lactones) is 1. The number of carbonyl (C=O) groups is 5. The van der Waals surface area contributed by atoms with Crippen LogP contribution >= 0.6 is 11.3 Å². The van der Waals surface area contributed by atoms with Crippen LogP contribution in [0, 0.1) is 23.1 Å². The molecule has 3 unspecified atom stereocenters. The number of benzene rings is 1. The van der Waals surface area contributed by atoms with Crippen molar-refractivity contribution in [3.05, 3.63) is 51.9 Å². The Kier molecular flexibility index (Phi) is 17.2. The minimum Gasteiger partial charge on any atom is -0.464 e. The average Bonchev–Trinajstić information content (AvgIpc) is 2.66. The van der Waals surface area contributed by atoms with Gasteiger partial charge in [0.2, 0.25) is 11.8 Å². The Morgan fingerprint density at radius 1 is 0.976 bits per heavy atom. The smallest absolute Gasteiger partial charge is 0.401 e. The average molecular weight is 1210 g/mol. The minimum atomic E-state index is -4.32. The normalized spacial score (nSPS) is 25.8. The van der Waals surface area contributed by atoms with Crippen LogP contribution < -0.4 is 15.6 Å². The maximum Gasteiger partial charge on any atom is 0.401 e. The van der Waals surface area contributed by atoms with Crippen LogP contribution in [0.3, 0.4) is 0 Å². The zero-order valence-corrected chi connectivity index (χ0v) is 50.6. The van der Waals surface area contributed by atoms with Gasteiger partial charge in [-0.05, 0) is 101 Å². The Morgan fingerprint density at radius 3 is 2.36 bits per heavy atom. The van der Waals surface area contributed by atoms with Gasteiger partial charge in [0, 0.05) is 119 Å². The first-order valence-electron chi connectivity index (χ1n) is 30.3. The number of halogens is 5. The van der Waals surface area contributed by atoms with E-state index in [-0.39, 0.29) is 88.1 Å². The summed E-state index contributed by atoms with van der Waals surface area (Å²) in [4.78, 5) is 90.6. The first kappa shape index (κ1) is 60.9. The highest BCUT2D eigenvalue weighted by Crippen LogP contribution is 2.48. The number of fused-ring (bicyclic) bond motifs is 6. The van der Waals surface area contributed by atoms with Gasteiger partial charge in [-0.25, -0.2) is 19.2 Å². The quantitative estimate of drug-likeness (QED) is 0.0767. The number of nitrogens with zero attached hydrogens (tertiary/aromatic N) is 9. The molecule has 3 aromatic heterocycles. The van der Waals surface area contributed by atoms with Gasteiger partial charge in [-0.2, -0.15) is 13.2 Å². The lowest BCUT2D eigenvalue weighted by atomic mass is 9.84. The first-order valence-corrected chi connectivity index (χ1v) is 31.2. The topological polar surface area (TPSA) is 178 Å². The molecule has 2 N–H and O–H groups in total. The van der Waals surface area contributed by atoms with Gasteiger partial charge < -0.3 is 34.1 Å². The van der Waals surface area contributed by atoms with Crippen LogP contribution in [0.25, 0.3) is 33.4 Å². The molecule has 85 heavy (non-hydrogen) atoms. The molecule has 1 aromatic carbocycles. The second kappa shape index (κ2) is 24.0. The van der Waals surface area contributed by atoms with Gasteiger partial charge in [0.05, 0.1) is 58.7 Å². The predicted molar refractivity (Wildman–Crippen MR) is 310 cm³/mol. The number of aryl methyl sites for hydroxylation is 1. The van der Waals surface area contributed by atoms with E-state index in [2.05, 4.69) is 15.6 Å². The lowest BCUT2D eigenvalue weighted by Gasteiger charge is -2.40. The molecule has 6 fully saturated rings. The number of rotatable bonds is 13. The molecule has 24 heteroatoms. The van der Waals surface area contributed by atoms with Crippen molar-refractivity contribution in [1.29, 1.82) is 0 Å². The Bertz CT molecular complexity index is 3180. The van der Waals surface area contributed by atoms with Crippen molar-refractivity contribution in [2.75, 3.05) is 85.1 Å². The monoisotopic (exact) mass is 1210 g/mol. The van der Waals surface area contributed by atoms with E-state index in [4.69, 9.17) is 19.4 Å². The number of anilines is 1.